The molecule has 0 unspecified atom stereocenters. The fourth-order valence-corrected chi connectivity index (χ4v) is 2.15. The topological polar surface area (TPSA) is 67.8 Å². The van der Waals surface area contributed by atoms with E-state index in [1.165, 1.54) is 0 Å². The molecule has 1 amide bonds. The van der Waals surface area contributed by atoms with Crippen LogP contribution in [0.5, 0.6) is 0 Å². The van der Waals surface area contributed by atoms with Crippen LogP contribution in [0.1, 0.15) is 47.2 Å². The highest BCUT2D eigenvalue weighted by atomic mass is 79.9. The Bertz CT molecular complexity index is 658. The molecule has 0 saturated carbocycles. The highest BCUT2D eigenvalue weighted by Crippen LogP contribution is 2.17. The molecule has 0 spiro atoms. The number of rotatable bonds is 4. The van der Waals surface area contributed by atoms with Crippen molar-refractivity contribution < 1.29 is 4.79 Å². The number of nitrogens with one attached hydrogen (secondary N) is 1. The number of aryl methyl sites for hydroxylation is 1. The molecule has 2 aromatic heterocycles. The summed E-state index contributed by atoms with van der Waals surface area (Å²) >= 11 is 3.33. The molecule has 110 valence electrons. The molecule has 0 saturated heterocycles. The summed E-state index contributed by atoms with van der Waals surface area (Å²) in [6.07, 6.45) is 5.11. The van der Waals surface area contributed by atoms with E-state index in [9.17, 15) is 4.79 Å². The van der Waals surface area contributed by atoms with Crippen LogP contribution in [0.25, 0.3) is 0 Å². The standard InChI is InChI=1S/C15H17BrN4O/c1-9(2)14-18-8-12(16)13(20-14)15(21)19-7-11-4-5-17-6-10(11)3/h4-6,8-9H,7H2,1-3H3,(H,19,21). The normalized spacial score (nSPS) is 10.7. The Balaban J connectivity index is 2.14. The number of hydrogen-bond acceptors (Lipinski definition) is 4. The minimum atomic E-state index is -0.220. The van der Waals surface area contributed by atoms with Gasteiger partial charge in [-0.2, -0.15) is 0 Å². The van der Waals surface area contributed by atoms with Crippen LogP contribution < -0.4 is 5.32 Å². The lowest BCUT2D eigenvalue weighted by Crippen LogP contribution is -2.25. The first-order valence-electron chi connectivity index (χ1n) is 6.69. The summed E-state index contributed by atoms with van der Waals surface area (Å²) in [5.74, 6) is 0.609. The fourth-order valence-electron chi connectivity index (χ4n) is 1.78. The van der Waals surface area contributed by atoms with Crippen molar-refractivity contribution in [3.63, 3.8) is 0 Å². The molecule has 21 heavy (non-hydrogen) atoms. The van der Waals surface area contributed by atoms with Gasteiger partial charge in [0.1, 0.15) is 11.5 Å². The van der Waals surface area contributed by atoms with Gasteiger partial charge in [0.15, 0.2) is 0 Å². The summed E-state index contributed by atoms with van der Waals surface area (Å²) in [4.78, 5) is 24.8. The Morgan fingerprint density at radius 1 is 1.38 bits per heavy atom. The van der Waals surface area contributed by atoms with E-state index in [4.69, 9.17) is 0 Å². The third kappa shape index (κ3) is 3.85. The number of carbonyl (C=O) groups is 1. The van der Waals surface area contributed by atoms with Gasteiger partial charge in [-0.15, -0.1) is 0 Å². The second kappa shape index (κ2) is 6.76. The molecule has 0 bridgehead atoms. The monoisotopic (exact) mass is 348 g/mol. The summed E-state index contributed by atoms with van der Waals surface area (Å²) < 4.78 is 0.593. The van der Waals surface area contributed by atoms with Crippen molar-refractivity contribution in [3.05, 3.63) is 51.8 Å². The quantitative estimate of drug-likeness (QED) is 0.921. The van der Waals surface area contributed by atoms with E-state index in [1.807, 2.05) is 26.8 Å². The van der Waals surface area contributed by atoms with Gasteiger partial charge in [-0.05, 0) is 40.0 Å². The number of aromatic nitrogens is 3. The highest BCUT2D eigenvalue weighted by Gasteiger charge is 2.15. The Morgan fingerprint density at radius 3 is 2.81 bits per heavy atom. The van der Waals surface area contributed by atoms with Gasteiger partial charge in [0, 0.05) is 31.1 Å². The van der Waals surface area contributed by atoms with E-state index in [0.717, 1.165) is 11.1 Å². The van der Waals surface area contributed by atoms with Crippen molar-refractivity contribution in [2.45, 2.75) is 33.2 Å². The molecule has 0 aliphatic heterocycles. The first-order valence-corrected chi connectivity index (χ1v) is 7.48. The highest BCUT2D eigenvalue weighted by molar-refractivity contribution is 9.10. The lowest BCUT2D eigenvalue weighted by atomic mass is 10.1. The predicted octanol–water partition coefficient (Wildman–Crippen LogP) is 3.00. The molecular formula is C15H17BrN4O. The molecule has 5 nitrogen and oxygen atoms in total. The van der Waals surface area contributed by atoms with Crippen molar-refractivity contribution in [1.82, 2.24) is 20.3 Å². The third-order valence-corrected chi connectivity index (χ3v) is 3.65. The molecule has 0 aliphatic rings. The number of amides is 1. The second-order valence-electron chi connectivity index (χ2n) is 5.06. The minimum absolute atomic E-state index is 0.173. The number of pyridine rings is 1. The zero-order chi connectivity index (χ0) is 15.4. The van der Waals surface area contributed by atoms with Crippen molar-refractivity contribution in [3.8, 4) is 0 Å². The second-order valence-corrected chi connectivity index (χ2v) is 5.92. The molecule has 0 aromatic carbocycles. The van der Waals surface area contributed by atoms with Crippen LogP contribution in [0.3, 0.4) is 0 Å². The van der Waals surface area contributed by atoms with Crippen LogP contribution in [0, 0.1) is 6.92 Å². The molecule has 2 heterocycles. The Morgan fingerprint density at radius 2 is 2.14 bits per heavy atom. The Kier molecular flexibility index (Phi) is 5.01. The Hall–Kier alpha value is -1.82. The summed E-state index contributed by atoms with van der Waals surface area (Å²) in [7, 11) is 0. The van der Waals surface area contributed by atoms with Gasteiger partial charge in [0.2, 0.25) is 0 Å². The zero-order valence-corrected chi connectivity index (χ0v) is 13.8. The summed E-state index contributed by atoms with van der Waals surface area (Å²) in [5.41, 5.74) is 2.44. The zero-order valence-electron chi connectivity index (χ0n) is 12.2. The number of carbonyl (C=O) groups excluding carboxylic acids is 1. The van der Waals surface area contributed by atoms with E-state index < -0.39 is 0 Å². The Labute approximate surface area is 132 Å². The predicted molar refractivity (Wildman–Crippen MR) is 84.0 cm³/mol. The van der Waals surface area contributed by atoms with Crippen LogP contribution in [0.15, 0.2) is 29.1 Å². The van der Waals surface area contributed by atoms with Crippen molar-refractivity contribution >= 4 is 21.8 Å². The molecular weight excluding hydrogens is 332 g/mol. The van der Waals surface area contributed by atoms with Crippen LogP contribution in [0.4, 0.5) is 0 Å². The lowest BCUT2D eigenvalue weighted by Gasteiger charge is -2.10. The molecule has 1 N–H and O–H groups in total. The molecule has 0 aliphatic carbocycles. The third-order valence-electron chi connectivity index (χ3n) is 3.07. The maximum absolute atomic E-state index is 12.3. The number of nitrogens with zero attached hydrogens (tertiary/aromatic N) is 3. The van der Waals surface area contributed by atoms with E-state index in [-0.39, 0.29) is 11.8 Å². The van der Waals surface area contributed by atoms with Gasteiger partial charge in [0.25, 0.3) is 5.91 Å². The molecule has 0 fully saturated rings. The molecule has 2 rings (SSSR count). The first kappa shape index (κ1) is 15.6. The first-order chi connectivity index (χ1) is 9.99. The van der Waals surface area contributed by atoms with Gasteiger partial charge >= 0.3 is 0 Å². The van der Waals surface area contributed by atoms with Crippen LogP contribution in [-0.2, 0) is 6.54 Å². The summed E-state index contributed by atoms with van der Waals surface area (Å²) in [5, 5.41) is 2.88. The minimum Gasteiger partial charge on any atom is -0.347 e. The van der Waals surface area contributed by atoms with E-state index >= 15 is 0 Å². The molecule has 0 radical (unpaired) electrons. The van der Waals surface area contributed by atoms with Crippen LogP contribution in [-0.4, -0.2) is 20.9 Å². The number of halogens is 1. The van der Waals surface area contributed by atoms with Gasteiger partial charge in [-0.25, -0.2) is 9.97 Å². The number of hydrogen-bond donors (Lipinski definition) is 1. The van der Waals surface area contributed by atoms with Crippen LogP contribution >= 0.6 is 15.9 Å². The lowest BCUT2D eigenvalue weighted by molar-refractivity contribution is 0.0944. The average Bonchev–Trinajstić information content (AvgIpc) is 2.46. The van der Waals surface area contributed by atoms with E-state index in [1.54, 1.807) is 18.6 Å². The van der Waals surface area contributed by atoms with Crippen molar-refractivity contribution in [2.75, 3.05) is 0 Å². The molecule has 2 aromatic rings. The van der Waals surface area contributed by atoms with Crippen molar-refractivity contribution in [2.24, 2.45) is 0 Å². The average molecular weight is 349 g/mol. The summed E-state index contributed by atoms with van der Waals surface area (Å²) in [6.45, 7) is 6.39. The largest absolute Gasteiger partial charge is 0.347 e. The van der Waals surface area contributed by atoms with Gasteiger partial charge in [-0.1, -0.05) is 13.8 Å². The molecule has 0 atom stereocenters. The van der Waals surface area contributed by atoms with Gasteiger partial charge in [0.05, 0.1) is 4.47 Å². The SMILES string of the molecule is Cc1cnccc1CNC(=O)c1nc(C(C)C)ncc1Br. The van der Waals surface area contributed by atoms with E-state index in [2.05, 4.69) is 36.2 Å². The fraction of sp³-hybridized carbons (Fsp3) is 0.333. The van der Waals surface area contributed by atoms with Crippen molar-refractivity contribution in [1.29, 1.82) is 0 Å². The summed E-state index contributed by atoms with van der Waals surface area (Å²) in [6, 6.07) is 1.89. The van der Waals surface area contributed by atoms with Crippen LogP contribution in [0.2, 0.25) is 0 Å². The van der Waals surface area contributed by atoms with E-state index in [0.29, 0.717) is 22.5 Å². The van der Waals surface area contributed by atoms with Gasteiger partial charge < -0.3 is 5.32 Å². The molecule has 6 heteroatoms. The maximum Gasteiger partial charge on any atom is 0.271 e. The smallest absolute Gasteiger partial charge is 0.271 e. The van der Waals surface area contributed by atoms with Gasteiger partial charge in [-0.3, -0.25) is 9.78 Å². The maximum atomic E-state index is 12.3.